The highest BCUT2D eigenvalue weighted by Crippen LogP contribution is 2.38. The van der Waals surface area contributed by atoms with Crippen LogP contribution in [0.4, 0.5) is 0 Å². The number of carbonyl (C=O) groups excluding carboxylic acids is 1. The summed E-state index contributed by atoms with van der Waals surface area (Å²) in [6.45, 7) is 7.88. The third kappa shape index (κ3) is 3.08. The number of amides is 1. The van der Waals surface area contributed by atoms with Crippen molar-refractivity contribution in [2.24, 2.45) is 0 Å². The maximum Gasteiger partial charge on any atom is 0.258 e. The summed E-state index contributed by atoms with van der Waals surface area (Å²) in [5.41, 5.74) is 0.774. The van der Waals surface area contributed by atoms with Gasteiger partial charge >= 0.3 is 0 Å². The molecule has 116 valence electrons. The second kappa shape index (κ2) is 5.52. The predicted molar refractivity (Wildman–Crippen MR) is 93.1 cm³/mol. The lowest BCUT2D eigenvalue weighted by atomic mass is 10.1. The molecule has 4 nitrogen and oxygen atoms in total. The van der Waals surface area contributed by atoms with Crippen LogP contribution in [0.1, 0.15) is 25.8 Å². The molecule has 0 unspecified atom stereocenters. The third-order valence-corrected chi connectivity index (χ3v) is 4.88. The molecule has 0 aliphatic rings. The van der Waals surface area contributed by atoms with Crippen LogP contribution in [-0.4, -0.2) is 23.0 Å². The fourth-order valence-corrected chi connectivity index (χ4v) is 4.14. The van der Waals surface area contributed by atoms with E-state index in [0.717, 1.165) is 31.1 Å². The molecule has 0 fully saturated rings. The lowest BCUT2D eigenvalue weighted by Crippen LogP contribution is -2.43. The highest BCUT2D eigenvalue weighted by atomic mass is 32.1. The van der Waals surface area contributed by atoms with E-state index in [1.807, 2.05) is 45.2 Å². The van der Waals surface area contributed by atoms with Gasteiger partial charge < -0.3 is 10.1 Å². The molecule has 0 saturated carbocycles. The van der Waals surface area contributed by atoms with E-state index in [0.29, 0.717) is 0 Å². The quantitative estimate of drug-likeness (QED) is 0.784. The van der Waals surface area contributed by atoms with E-state index in [-0.39, 0.29) is 18.1 Å². The minimum atomic E-state index is -0.253. The molecule has 3 aromatic rings. The topological polar surface area (TPSA) is 51.2 Å². The number of nitrogens with zero attached hydrogens (tertiary/aromatic N) is 1. The van der Waals surface area contributed by atoms with Crippen molar-refractivity contribution >= 4 is 48.9 Å². The first-order valence-electron chi connectivity index (χ1n) is 7.05. The molecule has 0 saturated heterocycles. The van der Waals surface area contributed by atoms with E-state index in [4.69, 9.17) is 4.74 Å². The molecule has 0 bridgehead atoms. The molecule has 0 atom stereocenters. The van der Waals surface area contributed by atoms with Gasteiger partial charge in [-0.3, -0.25) is 4.79 Å². The number of carbonyl (C=O) groups is 1. The number of hydrogen-bond acceptors (Lipinski definition) is 5. The number of rotatable bonds is 3. The fourth-order valence-electron chi connectivity index (χ4n) is 2.30. The standard InChI is InChI=1S/C16H18N2O2S2/c1-9-17-14-12(22-9)7-11(10-5-6-21-15(10)14)20-8-13(19)18-16(2,3)4/h5-7H,8H2,1-4H3,(H,18,19). The van der Waals surface area contributed by atoms with Crippen molar-refractivity contribution < 1.29 is 9.53 Å². The van der Waals surface area contributed by atoms with Gasteiger partial charge in [0.25, 0.3) is 5.91 Å². The van der Waals surface area contributed by atoms with Gasteiger partial charge in [-0.1, -0.05) is 0 Å². The molecule has 1 aromatic carbocycles. The predicted octanol–water partition coefficient (Wildman–Crippen LogP) is 4.11. The molecule has 2 heterocycles. The first-order valence-corrected chi connectivity index (χ1v) is 8.74. The molecular weight excluding hydrogens is 316 g/mol. The molecule has 6 heteroatoms. The Hall–Kier alpha value is -1.66. The molecule has 2 aromatic heterocycles. The normalized spacial score (nSPS) is 12.0. The second-order valence-electron chi connectivity index (χ2n) is 6.20. The molecule has 22 heavy (non-hydrogen) atoms. The Labute approximate surface area is 137 Å². The fraction of sp³-hybridized carbons (Fsp3) is 0.375. The van der Waals surface area contributed by atoms with E-state index >= 15 is 0 Å². The van der Waals surface area contributed by atoms with Gasteiger partial charge in [0, 0.05) is 17.0 Å². The summed E-state index contributed by atoms with van der Waals surface area (Å²) in [5.74, 6) is 0.632. The maximum absolute atomic E-state index is 11.9. The summed E-state index contributed by atoms with van der Waals surface area (Å²) in [6, 6.07) is 4.00. The van der Waals surface area contributed by atoms with Crippen LogP contribution in [0.25, 0.3) is 20.3 Å². The van der Waals surface area contributed by atoms with E-state index in [1.54, 1.807) is 22.7 Å². The average Bonchev–Trinajstić information content (AvgIpc) is 2.98. The van der Waals surface area contributed by atoms with Gasteiger partial charge in [0.15, 0.2) is 6.61 Å². The molecule has 0 radical (unpaired) electrons. The average molecular weight is 334 g/mol. The number of aromatic nitrogens is 1. The summed E-state index contributed by atoms with van der Waals surface area (Å²) in [7, 11) is 0. The van der Waals surface area contributed by atoms with E-state index in [1.165, 1.54) is 0 Å². The number of fused-ring (bicyclic) bond motifs is 3. The number of thiazole rings is 1. The lowest BCUT2D eigenvalue weighted by Gasteiger charge is -2.20. The van der Waals surface area contributed by atoms with Crippen molar-refractivity contribution in [3.8, 4) is 5.75 Å². The number of thiophene rings is 1. The number of hydrogen-bond donors (Lipinski definition) is 1. The number of ether oxygens (including phenoxy) is 1. The Morgan fingerprint density at radius 1 is 1.41 bits per heavy atom. The van der Waals surface area contributed by atoms with Crippen molar-refractivity contribution in [1.82, 2.24) is 10.3 Å². The van der Waals surface area contributed by atoms with Crippen molar-refractivity contribution in [2.75, 3.05) is 6.61 Å². The molecule has 1 amide bonds. The van der Waals surface area contributed by atoms with Gasteiger partial charge in [-0.25, -0.2) is 4.98 Å². The smallest absolute Gasteiger partial charge is 0.258 e. The summed E-state index contributed by atoms with van der Waals surface area (Å²) in [5, 5.41) is 6.98. The molecule has 3 rings (SSSR count). The zero-order valence-electron chi connectivity index (χ0n) is 13.0. The molecule has 0 spiro atoms. The van der Waals surface area contributed by atoms with Crippen molar-refractivity contribution in [1.29, 1.82) is 0 Å². The zero-order chi connectivity index (χ0) is 15.9. The van der Waals surface area contributed by atoms with Crippen molar-refractivity contribution in [2.45, 2.75) is 33.2 Å². The Morgan fingerprint density at radius 2 is 2.18 bits per heavy atom. The van der Waals surface area contributed by atoms with Gasteiger partial charge in [-0.05, 0) is 39.1 Å². The summed E-state index contributed by atoms with van der Waals surface area (Å²) < 4.78 is 7.99. The van der Waals surface area contributed by atoms with Gasteiger partial charge in [0.1, 0.15) is 5.75 Å². The SMILES string of the molecule is Cc1nc2c(cc(OCC(=O)NC(C)(C)C)c3ccsc32)s1. The van der Waals surface area contributed by atoms with Gasteiger partial charge in [0.2, 0.25) is 0 Å². The minimum absolute atomic E-state index is 0.0194. The van der Waals surface area contributed by atoms with Gasteiger partial charge in [-0.2, -0.15) is 0 Å². The Kier molecular flexibility index (Phi) is 3.82. The van der Waals surface area contributed by atoms with Crippen LogP contribution >= 0.6 is 22.7 Å². The first kappa shape index (κ1) is 15.2. The highest BCUT2D eigenvalue weighted by Gasteiger charge is 2.16. The van der Waals surface area contributed by atoms with E-state index < -0.39 is 0 Å². The molecule has 0 aliphatic heterocycles. The number of benzene rings is 1. The summed E-state index contributed by atoms with van der Waals surface area (Å²) in [4.78, 5) is 16.5. The minimum Gasteiger partial charge on any atom is -0.483 e. The van der Waals surface area contributed by atoms with Crippen molar-refractivity contribution in [3.05, 3.63) is 22.5 Å². The summed E-state index contributed by atoms with van der Waals surface area (Å²) >= 11 is 3.30. The van der Waals surface area contributed by atoms with Crippen molar-refractivity contribution in [3.63, 3.8) is 0 Å². The molecular formula is C16H18N2O2S2. The number of nitrogens with one attached hydrogen (secondary N) is 1. The van der Waals surface area contributed by atoms with Gasteiger partial charge in [-0.15, -0.1) is 22.7 Å². The third-order valence-electron chi connectivity index (χ3n) is 3.04. The largest absolute Gasteiger partial charge is 0.483 e. The Morgan fingerprint density at radius 3 is 2.91 bits per heavy atom. The Bertz CT molecular complexity index is 843. The highest BCUT2D eigenvalue weighted by molar-refractivity contribution is 7.21. The van der Waals surface area contributed by atoms with E-state index in [9.17, 15) is 4.79 Å². The van der Waals surface area contributed by atoms with Crippen LogP contribution in [0.5, 0.6) is 5.75 Å². The van der Waals surface area contributed by atoms with Crippen LogP contribution in [0.2, 0.25) is 0 Å². The van der Waals surface area contributed by atoms with Crippen LogP contribution in [-0.2, 0) is 4.79 Å². The number of aryl methyl sites for hydroxylation is 1. The van der Waals surface area contributed by atoms with E-state index in [2.05, 4.69) is 10.3 Å². The molecule has 1 N–H and O–H groups in total. The lowest BCUT2D eigenvalue weighted by molar-refractivity contribution is -0.124. The first-order chi connectivity index (χ1) is 10.3. The van der Waals surface area contributed by atoms with Crippen LogP contribution in [0.15, 0.2) is 17.5 Å². The Balaban J connectivity index is 1.89. The van der Waals surface area contributed by atoms with Crippen LogP contribution in [0.3, 0.4) is 0 Å². The molecule has 0 aliphatic carbocycles. The maximum atomic E-state index is 11.9. The summed E-state index contributed by atoms with van der Waals surface area (Å²) in [6.07, 6.45) is 0. The monoisotopic (exact) mass is 334 g/mol. The zero-order valence-corrected chi connectivity index (χ0v) is 14.7. The van der Waals surface area contributed by atoms with Crippen LogP contribution < -0.4 is 10.1 Å². The second-order valence-corrected chi connectivity index (χ2v) is 8.36. The van der Waals surface area contributed by atoms with Crippen LogP contribution in [0, 0.1) is 6.92 Å². The van der Waals surface area contributed by atoms with Gasteiger partial charge in [0.05, 0.1) is 19.9 Å².